The molecule has 1 amide bonds. The molecule has 1 N–H and O–H groups in total. The Morgan fingerprint density at radius 2 is 2.11 bits per heavy atom. The van der Waals surface area contributed by atoms with Crippen molar-refractivity contribution in [1.29, 1.82) is 0 Å². The van der Waals surface area contributed by atoms with Crippen LogP contribution in [-0.4, -0.2) is 20.3 Å². The lowest BCUT2D eigenvalue weighted by atomic mass is 10.2. The highest BCUT2D eigenvalue weighted by atomic mass is 32.1. The fourth-order valence-corrected chi connectivity index (χ4v) is 3.33. The SMILES string of the molecule is Cc1ccc2ncc(C(=O)Nc3nc(-c4cccc(F)c4)cs3)c(=O)n2c1. The molecule has 27 heavy (non-hydrogen) atoms. The van der Waals surface area contributed by atoms with Crippen molar-refractivity contribution in [2.75, 3.05) is 5.32 Å². The molecule has 0 spiro atoms. The van der Waals surface area contributed by atoms with Gasteiger partial charge in [-0.1, -0.05) is 18.2 Å². The first-order valence-electron chi connectivity index (χ1n) is 8.02. The van der Waals surface area contributed by atoms with Crippen LogP contribution in [0.25, 0.3) is 16.9 Å². The molecule has 8 heteroatoms. The van der Waals surface area contributed by atoms with E-state index in [1.54, 1.807) is 29.8 Å². The van der Waals surface area contributed by atoms with Crippen LogP contribution in [0.15, 0.2) is 59.0 Å². The van der Waals surface area contributed by atoms with E-state index in [1.807, 2.05) is 13.0 Å². The van der Waals surface area contributed by atoms with Crippen molar-refractivity contribution >= 4 is 28.0 Å². The van der Waals surface area contributed by atoms with Gasteiger partial charge in [-0.3, -0.25) is 19.3 Å². The number of amides is 1. The Morgan fingerprint density at radius 1 is 1.26 bits per heavy atom. The standard InChI is InChI=1S/C19H13FN4O2S/c1-11-5-6-16-21-8-14(18(26)24(16)9-11)17(25)23-19-22-15(10-27-19)12-3-2-4-13(20)7-12/h2-10H,1H3,(H,22,23,25). The summed E-state index contributed by atoms with van der Waals surface area (Å²) in [6, 6.07) is 9.58. The average Bonchev–Trinajstić information content (AvgIpc) is 3.11. The van der Waals surface area contributed by atoms with Gasteiger partial charge in [0.1, 0.15) is 17.0 Å². The van der Waals surface area contributed by atoms with Gasteiger partial charge in [0.05, 0.1) is 5.69 Å². The van der Waals surface area contributed by atoms with Gasteiger partial charge in [-0.2, -0.15) is 0 Å². The van der Waals surface area contributed by atoms with Gasteiger partial charge in [0, 0.05) is 23.3 Å². The second kappa shape index (κ2) is 6.73. The summed E-state index contributed by atoms with van der Waals surface area (Å²) in [5.74, 6) is -0.958. The third kappa shape index (κ3) is 3.34. The molecule has 1 aromatic carbocycles. The molecule has 3 aromatic heterocycles. The summed E-state index contributed by atoms with van der Waals surface area (Å²) in [6.45, 7) is 1.85. The summed E-state index contributed by atoms with van der Waals surface area (Å²) in [5.41, 5.74) is 1.95. The van der Waals surface area contributed by atoms with Crippen LogP contribution in [0.5, 0.6) is 0 Å². The summed E-state index contributed by atoms with van der Waals surface area (Å²) in [5, 5.41) is 4.63. The molecular weight excluding hydrogens is 367 g/mol. The molecule has 134 valence electrons. The molecule has 0 aliphatic rings. The third-order valence-electron chi connectivity index (χ3n) is 3.94. The van der Waals surface area contributed by atoms with Gasteiger partial charge in [-0.25, -0.2) is 14.4 Å². The Kier molecular flexibility index (Phi) is 4.25. The number of pyridine rings is 1. The van der Waals surface area contributed by atoms with Gasteiger partial charge in [-0.05, 0) is 30.7 Å². The van der Waals surface area contributed by atoms with E-state index in [4.69, 9.17) is 0 Å². The predicted molar refractivity (Wildman–Crippen MR) is 102 cm³/mol. The smallest absolute Gasteiger partial charge is 0.270 e. The van der Waals surface area contributed by atoms with E-state index in [1.165, 1.54) is 34.1 Å². The summed E-state index contributed by atoms with van der Waals surface area (Å²) in [6.07, 6.45) is 2.89. The highest BCUT2D eigenvalue weighted by molar-refractivity contribution is 7.14. The number of aromatic nitrogens is 3. The van der Waals surface area contributed by atoms with Gasteiger partial charge in [0.2, 0.25) is 0 Å². The average molecular weight is 380 g/mol. The Balaban J connectivity index is 1.62. The van der Waals surface area contributed by atoms with E-state index in [0.29, 0.717) is 22.0 Å². The zero-order valence-electron chi connectivity index (χ0n) is 14.1. The zero-order chi connectivity index (χ0) is 19.0. The number of hydrogen-bond donors (Lipinski definition) is 1. The Hall–Kier alpha value is -3.39. The Labute approximate surface area is 157 Å². The number of rotatable bonds is 3. The largest absolute Gasteiger partial charge is 0.298 e. The number of hydrogen-bond acceptors (Lipinski definition) is 5. The molecule has 0 aliphatic heterocycles. The van der Waals surface area contributed by atoms with Crippen LogP contribution in [0.2, 0.25) is 0 Å². The van der Waals surface area contributed by atoms with Crippen LogP contribution in [-0.2, 0) is 0 Å². The minimum absolute atomic E-state index is 0.0828. The van der Waals surface area contributed by atoms with Crippen molar-refractivity contribution in [3.63, 3.8) is 0 Å². The number of benzene rings is 1. The molecule has 3 heterocycles. The number of aryl methyl sites for hydroxylation is 1. The topological polar surface area (TPSA) is 76.4 Å². The quantitative estimate of drug-likeness (QED) is 0.590. The zero-order valence-corrected chi connectivity index (χ0v) is 15.0. The lowest BCUT2D eigenvalue weighted by Crippen LogP contribution is -2.26. The number of carbonyl (C=O) groups excluding carboxylic acids is 1. The Bertz CT molecular complexity index is 1230. The van der Waals surface area contributed by atoms with E-state index in [2.05, 4.69) is 15.3 Å². The minimum atomic E-state index is -0.594. The number of fused-ring (bicyclic) bond motifs is 1. The van der Waals surface area contributed by atoms with Gasteiger partial charge in [-0.15, -0.1) is 11.3 Å². The predicted octanol–water partition coefficient (Wildman–Crippen LogP) is 3.52. The molecule has 0 saturated carbocycles. The number of anilines is 1. The van der Waals surface area contributed by atoms with E-state index < -0.39 is 11.5 Å². The summed E-state index contributed by atoms with van der Waals surface area (Å²) < 4.78 is 14.7. The van der Waals surface area contributed by atoms with Crippen molar-refractivity contribution in [3.8, 4) is 11.3 Å². The molecule has 0 radical (unpaired) electrons. The molecule has 0 unspecified atom stereocenters. The fourth-order valence-electron chi connectivity index (χ4n) is 2.61. The maximum Gasteiger partial charge on any atom is 0.270 e. The van der Waals surface area contributed by atoms with Crippen molar-refractivity contribution < 1.29 is 9.18 Å². The lowest BCUT2D eigenvalue weighted by Gasteiger charge is -2.05. The summed E-state index contributed by atoms with van der Waals surface area (Å²) in [4.78, 5) is 33.5. The summed E-state index contributed by atoms with van der Waals surface area (Å²) >= 11 is 1.19. The van der Waals surface area contributed by atoms with Crippen LogP contribution < -0.4 is 10.9 Å². The third-order valence-corrected chi connectivity index (χ3v) is 4.70. The van der Waals surface area contributed by atoms with Crippen LogP contribution in [0.1, 0.15) is 15.9 Å². The van der Waals surface area contributed by atoms with Gasteiger partial charge in [0.15, 0.2) is 5.13 Å². The molecule has 4 rings (SSSR count). The van der Waals surface area contributed by atoms with Crippen LogP contribution >= 0.6 is 11.3 Å². The van der Waals surface area contributed by atoms with Crippen LogP contribution in [0, 0.1) is 12.7 Å². The van der Waals surface area contributed by atoms with E-state index in [-0.39, 0.29) is 11.4 Å². The monoisotopic (exact) mass is 380 g/mol. The lowest BCUT2D eigenvalue weighted by molar-refractivity contribution is 0.102. The van der Waals surface area contributed by atoms with Crippen LogP contribution in [0.3, 0.4) is 0 Å². The molecule has 6 nitrogen and oxygen atoms in total. The maximum atomic E-state index is 13.4. The molecule has 0 fully saturated rings. The number of halogens is 1. The van der Waals surface area contributed by atoms with E-state index in [9.17, 15) is 14.0 Å². The number of thiazole rings is 1. The molecule has 0 bridgehead atoms. The molecule has 0 saturated heterocycles. The molecule has 0 aliphatic carbocycles. The number of carbonyl (C=O) groups is 1. The number of nitrogens with zero attached hydrogens (tertiary/aromatic N) is 3. The first-order valence-corrected chi connectivity index (χ1v) is 8.90. The van der Waals surface area contributed by atoms with Crippen LogP contribution in [0.4, 0.5) is 9.52 Å². The highest BCUT2D eigenvalue weighted by Gasteiger charge is 2.15. The first kappa shape index (κ1) is 17.0. The highest BCUT2D eigenvalue weighted by Crippen LogP contribution is 2.25. The first-order chi connectivity index (χ1) is 13.0. The maximum absolute atomic E-state index is 13.4. The van der Waals surface area contributed by atoms with Gasteiger partial charge < -0.3 is 0 Å². The fraction of sp³-hybridized carbons (Fsp3) is 0.0526. The van der Waals surface area contributed by atoms with Gasteiger partial charge >= 0.3 is 0 Å². The van der Waals surface area contributed by atoms with Gasteiger partial charge in [0.25, 0.3) is 11.5 Å². The molecule has 0 atom stereocenters. The Morgan fingerprint density at radius 3 is 2.93 bits per heavy atom. The minimum Gasteiger partial charge on any atom is -0.298 e. The van der Waals surface area contributed by atoms with E-state index in [0.717, 1.165) is 5.56 Å². The van der Waals surface area contributed by atoms with Crippen molar-refractivity contribution in [1.82, 2.24) is 14.4 Å². The van der Waals surface area contributed by atoms with E-state index >= 15 is 0 Å². The second-order valence-electron chi connectivity index (χ2n) is 5.91. The van der Waals surface area contributed by atoms with Crippen molar-refractivity contribution in [2.24, 2.45) is 0 Å². The normalized spacial score (nSPS) is 10.9. The van der Waals surface area contributed by atoms with Crippen molar-refractivity contribution in [3.05, 3.63) is 81.5 Å². The second-order valence-corrected chi connectivity index (χ2v) is 6.77. The van der Waals surface area contributed by atoms with Crippen molar-refractivity contribution in [2.45, 2.75) is 6.92 Å². The molecular formula is C19H13FN4O2S. The summed E-state index contributed by atoms with van der Waals surface area (Å²) in [7, 11) is 0. The number of nitrogens with one attached hydrogen (secondary N) is 1. The molecule has 4 aromatic rings.